The lowest BCUT2D eigenvalue weighted by atomic mass is 9.91. The Hall–Kier alpha value is -1.72. The lowest BCUT2D eigenvalue weighted by Gasteiger charge is -2.18. The fourth-order valence-electron chi connectivity index (χ4n) is 2.41. The summed E-state index contributed by atoms with van der Waals surface area (Å²) in [5.41, 5.74) is 1.90. The molecule has 2 N–H and O–H groups in total. The van der Waals surface area contributed by atoms with E-state index in [1.165, 1.54) is 0 Å². The smallest absolute Gasteiger partial charge is 0.337 e. The molecule has 1 heterocycles. The van der Waals surface area contributed by atoms with Crippen LogP contribution in [0, 0.1) is 0 Å². The van der Waals surface area contributed by atoms with E-state index in [0.717, 1.165) is 0 Å². The van der Waals surface area contributed by atoms with Crippen LogP contribution >= 0.6 is 0 Å². The molecule has 0 radical (unpaired) electrons. The van der Waals surface area contributed by atoms with Gasteiger partial charge >= 0.3 is 5.97 Å². The molecule has 2 atom stereocenters. The molecule has 0 saturated heterocycles. The summed E-state index contributed by atoms with van der Waals surface area (Å²) in [7, 11) is 0. The molecule has 5 nitrogen and oxygen atoms in total. The first kappa shape index (κ1) is 14.7. The van der Waals surface area contributed by atoms with Gasteiger partial charge in [0.2, 0.25) is 0 Å². The first-order valence-electron chi connectivity index (χ1n) is 6.55. The van der Waals surface area contributed by atoms with Gasteiger partial charge in [0, 0.05) is 6.42 Å². The second kappa shape index (κ2) is 5.73. The van der Waals surface area contributed by atoms with Crippen molar-refractivity contribution in [3.63, 3.8) is 0 Å². The Labute approximate surface area is 117 Å². The number of hydrogen-bond acceptors (Lipinski definition) is 5. The third-order valence-electron chi connectivity index (χ3n) is 3.78. The highest BCUT2D eigenvalue weighted by Crippen LogP contribution is 2.31. The number of ether oxygens (including phenoxy) is 1. The summed E-state index contributed by atoms with van der Waals surface area (Å²) >= 11 is 0. The molecule has 1 aliphatic carbocycles. The fourth-order valence-corrected chi connectivity index (χ4v) is 2.41. The van der Waals surface area contributed by atoms with Gasteiger partial charge in [0.15, 0.2) is 5.78 Å². The maximum absolute atomic E-state index is 11.8. The molecule has 0 aromatic carbocycles. The minimum Gasteiger partial charge on any atom is -0.450 e. The van der Waals surface area contributed by atoms with Gasteiger partial charge in [-0.25, -0.2) is 4.79 Å². The highest BCUT2D eigenvalue weighted by atomic mass is 16.5. The van der Waals surface area contributed by atoms with E-state index in [4.69, 9.17) is 4.74 Å². The van der Waals surface area contributed by atoms with E-state index >= 15 is 0 Å². The number of aliphatic hydroxyl groups is 2. The number of allylic oxidation sites excluding steroid dienone is 1. The number of rotatable bonds is 1. The molecule has 0 aromatic rings. The molecule has 0 unspecified atom stereocenters. The zero-order valence-electron chi connectivity index (χ0n) is 11.4. The average molecular weight is 278 g/mol. The van der Waals surface area contributed by atoms with Gasteiger partial charge in [0.1, 0.15) is 6.10 Å². The van der Waals surface area contributed by atoms with Gasteiger partial charge < -0.3 is 14.9 Å². The molecule has 0 aromatic heterocycles. The van der Waals surface area contributed by atoms with Crippen LogP contribution in [0.5, 0.6) is 0 Å². The molecule has 1 aliphatic heterocycles. The van der Waals surface area contributed by atoms with Gasteiger partial charge in [-0.05, 0) is 42.6 Å². The van der Waals surface area contributed by atoms with Crippen LogP contribution in [0.1, 0.15) is 26.2 Å². The molecule has 2 aliphatic rings. The Bertz CT molecular complexity index is 526. The summed E-state index contributed by atoms with van der Waals surface area (Å²) in [6.07, 6.45) is 0.993. The zero-order chi connectivity index (χ0) is 14.9. The summed E-state index contributed by atoms with van der Waals surface area (Å²) in [4.78, 5) is 23.5. The second-order valence-electron chi connectivity index (χ2n) is 5.15. The lowest BCUT2D eigenvalue weighted by molar-refractivity contribution is -0.138. The van der Waals surface area contributed by atoms with Gasteiger partial charge in [0.25, 0.3) is 0 Å². The number of aliphatic hydroxyl groups excluding tert-OH is 2. The first-order chi connectivity index (χ1) is 9.43. The molecule has 20 heavy (non-hydrogen) atoms. The Morgan fingerprint density at radius 2 is 2.10 bits per heavy atom. The number of carbonyl (C=O) groups excluding carboxylic acids is 2. The number of Topliss-reactive ketones (excluding diaryl/α,β-unsaturated/α-hetero) is 1. The maximum Gasteiger partial charge on any atom is 0.337 e. The standard InChI is InChI=1S/C15H18O5/c1-8-3-4-10-11(7-16)15(19)20-14(10)5-9(2)13(18)6-12(8)17/h5,13-14,16,18H,1,3-4,6-7H2,2H3/b9-5+/t13-,14-/m1/s1. The molecular formula is C15H18O5. The molecule has 0 fully saturated rings. The third-order valence-corrected chi connectivity index (χ3v) is 3.78. The summed E-state index contributed by atoms with van der Waals surface area (Å²) in [5, 5.41) is 19.2. The van der Waals surface area contributed by atoms with Crippen molar-refractivity contribution in [2.24, 2.45) is 0 Å². The maximum atomic E-state index is 11.8. The van der Waals surface area contributed by atoms with Crippen molar-refractivity contribution in [3.05, 3.63) is 34.9 Å². The first-order valence-corrected chi connectivity index (χ1v) is 6.55. The predicted molar refractivity (Wildman–Crippen MR) is 71.8 cm³/mol. The molecule has 5 heteroatoms. The molecule has 108 valence electrons. The molecule has 0 bridgehead atoms. The number of hydrogen-bond donors (Lipinski definition) is 2. The fraction of sp³-hybridized carbons (Fsp3) is 0.467. The minimum absolute atomic E-state index is 0.00621. The van der Waals surface area contributed by atoms with Crippen LogP contribution in [0.15, 0.2) is 34.9 Å². The zero-order valence-corrected chi connectivity index (χ0v) is 11.4. The van der Waals surface area contributed by atoms with Crippen LogP contribution in [0.4, 0.5) is 0 Å². The van der Waals surface area contributed by atoms with E-state index in [1.54, 1.807) is 13.0 Å². The Balaban J connectivity index is 2.41. The van der Waals surface area contributed by atoms with Gasteiger partial charge in [-0.1, -0.05) is 6.58 Å². The van der Waals surface area contributed by atoms with Crippen LogP contribution in [0.3, 0.4) is 0 Å². The molecule has 0 saturated carbocycles. The van der Waals surface area contributed by atoms with E-state index in [9.17, 15) is 19.8 Å². The van der Waals surface area contributed by atoms with Crippen LogP contribution in [0.25, 0.3) is 0 Å². The lowest BCUT2D eigenvalue weighted by Crippen LogP contribution is -2.20. The highest BCUT2D eigenvalue weighted by molar-refractivity contribution is 5.96. The predicted octanol–water partition coefficient (Wildman–Crippen LogP) is 0.817. The van der Waals surface area contributed by atoms with Crippen molar-refractivity contribution >= 4 is 11.8 Å². The quantitative estimate of drug-likeness (QED) is 0.421. The number of fused-ring (bicyclic) bond motifs is 1. The molecular weight excluding hydrogens is 260 g/mol. The molecule has 0 spiro atoms. The number of esters is 1. The van der Waals surface area contributed by atoms with Crippen molar-refractivity contribution in [2.75, 3.05) is 6.61 Å². The van der Waals surface area contributed by atoms with Crippen molar-refractivity contribution in [1.82, 2.24) is 0 Å². The van der Waals surface area contributed by atoms with Crippen LogP contribution in [-0.4, -0.2) is 40.8 Å². The van der Waals surface area contributed by atoms with Crippen molar-refractivity contribution in [3.8, 4) is 0 Å². The summed E-state index contributed by atoms with van der Waals surface area (Å²) in [6.45, 7) is 5.02. The van der Waals surface area contributed by atoms with Crippen LogP contribution < -0.4 is 0 Å². The van der Waals surface area contributed by atoms with Crippen molar-refractivity contribution in [2.45, 2.75) is 38.4 Å². The van der Waals surface area contributed by atoms with Crippen molar-refractivity contribution < 1.29 is 24.5 Å². The largest absolute Gasteiger partial charge is 0.450 e. The van der Waals surface area contributed by atoms with Gasteiger partial charge in [-0.2, -0.15) is 0 Å². The van der Waals surface area contributed by atoms with E-state index in [1.807, 2.05) is 0 Å². The second-order valence-corrected chi connectivity index (χ2v) is 5.15. The Morgan fingerprint density at radius 1 is 1.40 bits per heavy atom. The minimum atomic E-state index is -0.907. The van der Waals surface area contributed by atoms with Gasteiger partial charge in [-0.15, -0.1) is 0 Å². The Morgan fingerprint density at radius 3 is 2.75 bits per heavy atom. The Kier molecular flexibility index (Phi) is 4.20. The highest BCUT2D eigenvalue weighted by Gasteiger charge is 2.33. The summed E-state index contributed by atoms with van der Waals surface area (Å²) in [6, 6.07) is 0. The van der Waals surface area contributed by atoms with E-state index in [2.05, 4.69) is 6.58 Å². The normalized spacial score (nSPS) is 30.8. The number of carbonyl (C=O) groups is 2. The molecule has 2 rings (SSSR count). The number of ketones is 1. The average Bonchev–Trinajstić information content (AvgIpc) is 2.69. The molecule has 0 amide bonds. The van der Waals surface area contributed by atoms with E-state index in [0.29, 0.717) is 29.6 Å². The topological polar surface area (TPSA) is 83.8 Å². The van der Waals surface area contributed by atoms with Crippen LogP contribution in [0.2, 0.25) is 0 Å². The SMILES string of the molecule is C=C1CCC2=C(CO)C(=O)O[C@@H]2/C=C(\C)[C@H](O)CC1=O. The van der Waals surface area contributed by atoms with Gasteiger partial charge in [-0.3, -0.25) is 4.79 Å². The van der Waals surface area contributed by atoms with Crippen LogP contribution in [-0.2, 0) is 14.3 Å². The van der Waals surface area contributed by atoms with Crippen molar-refractivity contribution in [1.29, 1.82) is 0 Å². The summed E-state index contributed by atoms with van der Waals surface area (Å²) < 4.78 is 5.21. The summed E-state index contributed by atoms with van der Waals surface area (Å²) in [5.74, 6) is -0.720. The monoisotopic (exact) mass is 278 g/mol. The third kappa shape index (κ3) is 2.73. The van der Waals surface area contributed by atoms with E-state index < -0.39 is 18.2 Å². The van der Waals surface area contributed by atoms with E-state index in [-0.39, 0.29) is 24.4 Å². The van der Waals surface area contributed by atoms with Gasteiger partial charge in [0.05, 0.1) is 18.3 Å².